The van der Waals surface area contributed by atoms with Gasteiger partial charge in [0.05, 0.1) is 30.5 Å². The number of aliphatic hydroxyl groups is 2. The van der Waals surface area contributed by atoms with E-state index >= 15 is 0 Å². The van der Waals surface area contributed by atoms with Crippen LogP contribution in [-0.4, -0.2) is 90.4 Å². The summed E-state index contributed by atoms with van der Waals surface area (Å²) in [6, 6.07) is 0.613. The van der Waals surface area contributed by atoms with Crippen molar-refractivity contribution in [3.63, 3.8) is 0 Å². The number of hydrogen-bond donors (Lipinski definition) is 2. The molecule has 5 saturated carbocycles. The van der Waals surface area contributed by atoms with E-state index in [1.807, 2.05) is 0 Å². The molecule has 252 valence electrons. The lowest BCUT2D eigenvalue weighted by Gasteiger charge is -2.60. The van der Waals surface area contributed by atoms with Crippen LogP contribution in [0.5, 0.6) is 0 Å². The van der Waals surface area contributed by atoms with Crippen LogP contribution < -0.4 is 0 Å². The van der Waals surface area contributed by atoms with Crippen LogP contribution in [0.2, 0.25) is 0 Å². The molecule has 10 unspecified atom stereocenters. The number of fused-ring (bicyclic) bond motifs is 4. The number of nitrogens with zero attached hydrogens (tertiary/aromatic N) is 1. The maximum Gasteiger partial charge on any atom is 0.170 e. The van der Waals surface area contributed by atoms with Gasteiger partial charge >= 0.3 is 0 Å². The molecule has 7 nitrogen and oxygen atoms in total. The topological polar surface area (TPSA) is 80.6 Å². The van der Waals surface area contributed by atoms with E-state index in [9.17, 15) is 10.2 Å². The van der Waals surface area contributed by atoms with Gasteiger partial charge in [0.25, 0.3) is 0 Å². The lowest BCUT2D eigenvalue weighted by atomic mass is 9.46. The molecule has 44 heavy (non-hydrogen) atoms. The summed E-state index contributed by atoms with van der Waals surface area (Å²) in [6.45, 7) is 15.6. The van der Waals surface area contributed by atoms with Crippen LogP contribution in [0.1, 0.15) is 113 Å². The zero-order chi connectivity index (χ0) is 30.7. The second kappa shape index (κ2) is 10.6. The highest BCUT2D eigenvalue weighted by Crippen LogP contribution is 2.87. The Morgan fingerprint density at radius 3 is 2.43 bits per heavy atom. The fraction of sp³-hybridized carbons (Fsp3) is 1.00. The quantitative estimate of drug-likeness (QED) is 0.404. The summed E-state index contributed by atoms with van der Waals surface area (Å²) in [5.74, 6) is 2.87. The molecule has 0 radical (unpaired) electrons. The predicted octanol–water partition coefficient (Wildman–Crippen LogP) is 5.79. The van der Waals surface area contributed by atoms with Gasteiger partial charge in [0.2, 0.25) is 0 Å². The van der Waals surface area contributed by atoms with Crippen LogP contribution in [0.25, 0.3) is 0 Å². The minimum atomic E-state index is -1.13. The molecule has 0 amide bonds. The van der Waals surface area contributed by atoms with Crippen molar-refractivity contribution >= 4 is 0 Å². The van der Waals surface area contributed by atoms with Gasteiger partial charge < -0.3 is 29.2 Å². The van der Waals surface area contributed by atoms with Crippen molar-refractivity contribution in [2.75, 3.05) is 32.9 Å². The van der Waals surface area contributed by atoms with Crippen molar-refractivity contribution in [2.24, 2.45) is 45.3 Å². The van der Waals surface area contributed by atoms with E-state index in [2.05, 4.69) is 25.7 Å². The van der Waals surface area contributed by atoms with Crippen molar-refractivity contribution in [1.29, 1.82) is 0 Å². The number of aliphatic hydroxyl groups excluding tert-OH is 1. The average molecular weight is 618 g/mol. The second-order valence-electron chi connectivity index (χ2n) is 18.2. The highest BCUT2D eigenvalue weighted by atomic mass is 16.7. The van der Waals surface area contributed by atoms with Crippen molar-refractivity contribution in [2.45, 2.75) is 154 Å². The molecule has 12 atom stereocenters. The molecule has 3 aliphatic heterocycles. The summed E-state index contributed by atoms with van der Waals surface area (Å²) >= 11 is 0. The zero-order valence-electron chi connectivity index (χ0n) is 28.3. The Kier molecular flexibility index (Phi) is 7.48. The molecule has 0 bridgehead atoms. The Morgan fingerprint density at radius 2 is 1.66 bits per heavy atom. The number of hydrogen-bond acceptors (Lipinski definition) is 7. The van der Waals surface area contributed by atoms with Crippen molar-refractivity contribution in [1.82, 2.24) is 4.90 Å². The Bertz CT molecular complexity index is 1090. The Balaban J connectivity index is 0.00000325. The summed E-state index contributed by atoms with van der Waals surface area (Å²) in [4.78, 5) is 2.62. The smallest absolute Gasteiger partial charge is 0.170 e. The molecule has 7 heteroatoms. The van der Waals surface area contributed by atoms with Gasteiger partial charge in [0, 0.05) is 33.8 Å². The van der Waals surface area contributed by atoms with E-state index < -0.39 is 11.7 Å². The molecule has 8 fully saturated rings. The first-order valence-electron chi connectivity index (χ1n) is 18.5. The first-order valence-corrected chi connectivity index (χ1v) is 18.5. The van der Waals surface area contributed by atoms with Gasteiger partial charge in [0.1, 0.15) is 6.10 Å². The molecular weight excluding hydrogens is 554 g/mol. The summed E-state index contributed by atoms with van der Waals surface area (Å²) < 4.78 is 25.6. The van der Waals surface area contributed by atoms with Gasteiger partial charge in [-0.05, 0) is 136 Å². The Hall–Kier alpha value is -0.280. The number of morpholine rings is 1. The van der Waals surface area contributed by atoms with Gasteiger partial charge in [-0.15, -0.1) is 0 Å². The standard InChI is InChI=1S/C37H61NO6.H2/c1-33(2)29-9-7-24-26-20-28-25(6-8-27(43-28)32(39)34(3,4)40)35(26,5)14-15-36(24)22-37(29,36)13-10-30(33)44-31-21-38(16-19-42-31)23-11-17-41-18-12-23;/h23-32,39-40H,6-22H2,1-5H3;1H/t24?,25?,26?,27?,28?,29?,30-,31?,32-,35?,36?,37?;/m0./s1. The summed E-state index contributed by atoms with van der Waals surface area (Å²) in [7, 11) is 0. The normalized spacial score (nSPS) is 51.3. The van der Waals surface area contributed by atoms with Gasteiger partial charge in [-0.2, -0.15) is 0 Å². The lowest BCUT2D eigenvalue weighted by Crippen LogP contribution is -2.57. The molecule has 0 aromatic carbocycles. The maximum absolute atomic E-state index is 10.9. The highest BCUT2D eigenvalue weighted by molar-refractivity contribution is 5.29. The van der Waals surface area contributed by atoms with Crippen LogP contribution in [-0.2, 0) is 18.9 Å². The van der Waals surface area contributed by atoms with E-state index in [0.717, 1.165) is 82.8 Å². The van der Waals surface area contributed by atoms with E-state index in [-0.39, 0.29) is 31.4 Å². The molecule has 8 aliphatic rings. The number of ether oxygens (including phenoxy) is 4. The Morgan fingerprint density at radius 1 is 0.886 bits per heavy atom. The lowest BCUT2D eigenvalue weighted by molar-refractivity contribution is -0.249. The largest absolute Gasteiger partial charge is 0.388 e. The Labute approximate surface area is 267 Å². The van der Waals surface area contributed by atoms with E-state index in [1.54, 1.807) is 13.8 Å². The van der Waals surface area contributed by atoms with Crippen LogP contribution in [0.3, 0.4) is 0 Å². The van der Waals surface area contributed by atoms with Crippen molar-refractivity contribution in [3.8, 4) is 0 Å². The van der Waals surface area contributed by atoms with E-state index in [1.165, 1.54) is 44.9 Å². The van der Waals surface area contributed by atoms with Crippen molar-refractivity contribution in [3.05, 3.63) is 0 Å². The molecular formula is C37H63NO6. The van der Waals surface area contributed by atoms with Gasteiger partial charge in [-0.3, -0.25) is 4.90 Å². The fourth-order valence-corrected chi connectivity index (χ4v) is 13.5. The monoisotopic (exact) mass is 617 g/mol. The van der Waals surface area contributed by atoms with E-state index in [4.69, 9.17) is 18.9 Å². The SMILES string of the molecule is CC12CCC34CC35CC[C@H](OC3CN(C6CCOCC6)CCO3)C(C)(C)C5CCC4C1CC1OC([C@H](O)C(C)(C)O)CCC12.[HH]. The van der Waals surface area contributed by atoms with Crippen LogP contribution in [0, 0.1) is 45.3 Å². The van der Waals surface area contributed by atoms with E-state index in [0.29, 0.717) is 28.2 Å². The molecule has 0 aromatic rings. The van der Waals surface area contributed by atoms with Crippen LogP contribution in [0.4, 0.5) is 0 Å². The average Bonchev–Trinajstić information content (AvgIpc) is 3.58. The molecule has 2 spiro atoms. The van der Waals surface area contributed by atoms with Gasteiger partial charge in [-0.1, -0.05) is 20.8 Å². The van der Waals surface area contributed by atoms with Crippen molar-refractivity contribution < 1.29 is 30.6 Å². The predicted molar refractivity (Wildman–Crippen MR) is 170 cm³/mol. The third-order valence-electron chi connectivity index (χ3n) is 15.7. The molecule has 8 rings (SSSR count). The van der Waals surface area contributed by atoms with Crippen LogP contribution in [0.15, 0.2) is 0 Å². The van der Waals surface area contributed by atoms with Gasteiger partial charge in [-0.25, -0.2) is 0 Å². The summed E-state index contributed by atoms with van der Waals surface area (Å²) in [5.41, 5.74) is 0.398. The molecule has 2 N–H and O–H groups in total. The minimum absolute atomic E-state index is 0. The summed E-state index contributed by atoms with van der Waals surface area (Å²) in [5, 5.41) is 21.4. The highest BCUT2D eigenvalue weighted by Gasteiger charge is 2.80. The molecule has 3 heterocycles. The first-order chi connectivity index (χ1) is 20.9. The second-order valence-corrected chi connectivity index (χ2v) is 18.2. The third kappa shape index (κ3) is 4.52. The first kappa shape index (κ1) is 31.0. The van der Waals surface area contributed by atoms with Gasteiger partial charge in [0.15, 0.2) is 6.29 Å². The molecule has 5 aliphatic carbocycles. The molecule has 0 aromatic heterocycles. The zero-order valence-corrected chi connectivity index (χ0v) is 28.3. The summed E-state index contributed by atoms with van der Waals surface area (Å²) in [6.07, 6.45) is 14.1. The number of rotatable bonds is 5. The van der Waals surface area contributed by atoms with Crippen LogP contribution >= 0.6 is 0 Å². The minimum Gasteiger partial charge on any atom is -0.388 e. The molecule has 3 saturated heterocycles. The third-order valence-corrected chi connectivity index (χ3v) is 15.7. The fourth-order valence-electron chi connectivity index (χ4n) is 13.5. The maximum atomic E-state index is 10.9.